The van der Waals surface area contributed by atoms with E-state index in [1.807, 2.05) is 12.1 Å². The minimum absolute atomic E-state index is 0.0777. The lowest BCUT2D eigenvalue weighted by molar-refractivity contribution is -0.132. The normalized spacial score (nSPS) is 20.0. The summed E-state index contributed by atoms with van der Waals surface area (Å²) in [6, 6.07) is 7.29. The Kier molecular flexibility index (Phi) is 7.68. The van der Waals surface area contributed by atoms with Gasteiger partial charge in [0.25, 0.3) is 0 Å². The fourth-order valence-electron chi connectivity index (χ4n) is 3.23. The van der Waals surface area contributed by atoms with Gasteiger partial charge in [0.1, 0.15) is 0 Å². The lowest BCUT2D eigenvalue weighted by Gasteiger charge is -2.27. The van der Waals surface area contributed by atoms with Crippen LogP contribution in [0.2, 0.25) is 0 Å². The van der Waals surface area contributed by atoms with Crippen LogP contribution in [0.1, 0.15) is 44.1 Å². The molecule has 7 heteroatoms. The van der Waals surface area contributed by atoms with Gasteiger partial charge < -0.3 is 15.7 Å². The first-order valence-electron chi connectivity index (χ1n) is 8.54. The second-order valence-corrected chi connectivity index (χ2v) is 10.5. The number of nitrogens with two attached hydrogens (primary N) is 1. The zero-order valence-electron chi connectivity index (χ0n) is 14.1. The first kappa shape index (κ1) is 20.6. The van der Waals surface area contributed by atoms with Crippen LogP contribution in [0.5, 0.6) is 0 Å². The highest BCUT2D eigenvalue weighted by Gasteiger charge is 2.32. The van der Waals surface area contributed by atoms with Gasteiger partial charge >= 0.3 is 5.97 Å². The summed E-state index contributed by atoms with van der Waals surface area (Å²) in [7, 11) is -3.78. The summed E-state index contributed by atoms with van der Waals surface area (Å²) in [6.07, 6.45) is 7.11. The summed E-state index contributed by atoms with van der Waals surface area (Å²) in [4.78, 5) is 21.9. The molecule has 25 heavy (non-hydrogen) atoms. The van der Waals surface area contributed by atoms with E-state index in [2.05, 4.69) is 22.6 Å². The Morgan fingerprint density at radius 1 is 1.28 bits per heavy atom. The SMILES string of the molecule is NC(CC1CCCCC1)P(=O)(O)C/C(=C\c1ccc(I)cc1)C(=O)O. The Morgan fingerprint density at radius 3 is 2.44 bits per heavy atom. The van der Waals surface area contributed by atoms with E-state index in [1.54, 1.807) is 12.1 Å². The van der Waals surface area contributed by atoms with E-state index in [-0.39, 0.29) is 5.57 Å². The highest BCUT2D eigenvalue weighted by Crippen LogP contribution is 2.49. The van der Waals surface area contributed by atoms with Crippen molar-refractivity contribution in [2.45, 2.75) is 44.3 Å². The number of rotatable bonds is 7. The van der Waals surface area contributed by atoms with Crippen LogP contribution in [-0.2, 0) is 9.36 Å². The van der Waals surface area contributed by atoms with Gasteiger partial charge in [-0.2, -0.15) is 0 Å². The molecule has 2 rings (SSSR count). The topological polar surface area (TPSA) is 101 Å². The second kappa shape index (κ2) is 9.31. The second-order valence-electron chi connectivity index (χ2n) is 6.75. The Morgan fingerprint density at radius 2 is 1.88 bits per heavy atom. The summed E-state index contributed by atoms with van der Waals surface area (Å²) < 4.78 is 13.7. The quantitative estimate of drug-likeness (QED) is 0.309. The van der Waals surface area contributed by atoms with Crippen LogP contribution in [0.3, 0.4) is 0 Å². The van der Waals surface area contributed by atoms with Crippen LogP contribution >= 0.6 is 30.0 Å². The van der Waals surface area contributed by atoms with Crippen LogP contribution in [-0.4, -0.2) is 27.9 Å². The van der Waals surface area contributed by atoms with Crippen molar-refractivity contribution in [2.75, 3.05) is 6.16 Å². The van der Waals surface area contributed by atoms with Crippen LogP contribution in [0.15, 0.2) is 29.8 Å². The number of carbonyl (C=O) groups is 1. The molecule has 0 aliphatic heterocycles. The molecular weight excluding hydrogens is 452 g/mol. The third-order valence-corrected chi connectivity index (χ3v) is 7.46. The van der Waals surface area contributed by atoms with Crippen molar-refractivity contribution in [1.29, 1.82) is 0 Å². The largest absolute Gasteiger partial charge is 0.478 e. The number of hydrogen-bond donors (Lipinski definition) is 3. The minimum Gasteiger partial charge on any atom is -0.478 e. The maximum atomic E-state index is 12.7. The molecule has 0 heterocycles. The molecule has 1 aromatic rings. The van der Waals surface area contributed by atoms with Gasteiger partial charge in [-0.05, 0) is 58.7 Å². The van der Waals surface area contributed by atoms with Gasteiger partial charge in [-0.15, -0.1) is 0 Å². The Hall–Kier alpha value is -0.690. The van der Waals surface area contributed by atoms with E-state index in [0.29, 0.717) is 17.9 Å². The van der Waals surface area contributed by atoms with E-state index in [9.17, 15) is 19.4 Å². The van der Waals surface area contributed by atoms with Crippen molar-refractivity contribution >= 4 is 42.0 Å². The van der Waals surface area contributed by atoms with Gasteiger partial charge in [0, 0.05) is 9.14 Å². The number of halogens is 1. The molecule has 1 aromatic carbocycles. The summed E-state index contributed by atoms with van der Waals surface area (Å²) in [5.41, 5.74) is 6.63. The zero-order valence-corrected chi connectivity index (χ0v) is 17.2. The summed E-state index contributed by atoms with van der Waals surface area (Å²) >= 11 is 2.16. The molecule has 2 unspecified atom stereocenters. The number of carboxylic acid groups (broad SMARTS) is 1. The summed E-state index contributed by atoms with van der Waals surface area (Å²) in [5.74, 6) is -1.68. The lowest BCUT2D eigenvalue weighted by Crippen LogP contribution is -2.27. The highest BCUT2D eigenvalue weighted by atomic mass is 127. The van der Waals surface area contributed by atoms with E-state index in [4.69, 9.17) is 5.73 Å². The molecule has 1 saturated carbocycles. The standard InChI is InChI=1S/C18H25INO4P/c19-16-8-6-14(7-9-16)10-15(18(21)22)12-25(23,24)17(20)11-13-4-2-1-3-5-13/h6-10,13,17H,1-5,11-12,20H2,(H,21,22)(H,23,24)/b15-10+. The Bertz CT molecular complexity index is 668. The molecule has 138 valence electrons. The van der Waals surface area contributed by atoms with Crippen molar-refractivity contribution in [3.8, 4) is 0 Å². The van der Waals surface area contributed by atoms with Crippen LogP contribution in [0.4, 0.5) is 0 Å². The number of benzene rings is 1. The third kappa shape index (κ3) is 6.51. The molecular formula is C18H25INO4P. The van der Waals surface area contributed by atoms with E-state index >= 15 is 0 Å². The van der Waals surface area contributed by atoms with Gasteiger partial charge in [-0.3, -0.25) is 4.57 Å². The fourth-order valence-corrected chi connectivity index (χ4v) is 5.16. The molecule has 1 aliphatic carbocycles. The minimum atomic E-state index is -3.78. The van der Waals surface area contributed by atoms with Gasteiger partial charge in [0.15, 0.2) is 0 Å². The van der Waals surface area contributed by atoms with Crippen molar-refractivity contribution in [3.05, 3.63) is 39.0 Å². The molecule has 0 spiro atoms. The van der Waals surface area contributed by atoms with Crippen molar-refractivity contribution < 1.29 is 19.4 Å². The maximum absolute atomic E-state index is 12.7. The van der Waals surface area contributed by atoms with Crippen molar-refractivity contribution in [3.63, 3.8) is 0 Å². The van der Waals surface area contributed by atoms with E-state index in [1.165, 1.54) is 12.5 Å². The van der Waals surface area contributed by atoms with Crippen LogP contribution in [0, 0.1) is 9.49 Å². The molecule has 2 atom stereocenters. The molecule has 0 bridgehead atoms. The molecule has 4 N–H and O–H groups in total. The monoisotopic (exact) mass is 477 g/mol. The van der Waals surface area contributed by atoms with Crippen molar-refractivity contribution in [1.82, 2.24) is 0 Å². The predicted molar refractivity (Wildman–Crippen MR) is 109 cm³/mol. The van der Waals surface area contributed by atoms with Crippen LogP contribution in [0.25, 0.3) is 6.08 Å². The first-order valence-corrected chi connectivity index (χ1v) is 11.5. The summed E-state index contributed by atoms with van der Waals surface area (Å²) in [5, 5.41) is 9.41. The van der Waals surface area contributed by atoms with Gasteiger partial charge in [-0.1, -0.05) is 44.2 Å². The molecule has 0 aromatic heterocycles. The number of hydrogen-bond acceptors (Lipinski definition) is 3. The maximum Gasteiger partial charge on any atom is 0.332 e. The van der Waals surface area contributed by atoms with Crippen LogP contribution < -0.4 is 5.73 Å². The van der Waals surface area contributed by atoms with Gasteiger partial charge in [0.2, 0.25) is 7.37 Å². The predicted octanol–water partition coefficient (Wildman–Crippen LogP) is 4.28. The Labute approximate surface area is 162 Å². The zero-order chi connectivity index (χ0) is 18.4. The molecule has 0 amide bonds. The van der Waals surface area contributed by atoms with E-state index < -0.39 is 25.3 Å². The molecule has 1 fully saturated rings. The molecule has 0 saturated heterocycles. The fraction of sp³-hybridized carbons (Fsp3) is 0.500. The average Bonchev–Trinajstić information content (AvgIpc) is 2.57. The summed E-state index contributed by atoms with van der Waals surface area (Å²) in [6.45, 7) is 0. The highest BCUT2D eigenvalue weighted by molar-refractivity contribution is 14.1. The van der Waals surface area contributed by atoms with Crippen molar-refractivity contribution in [2.24, 2.45) is 11.7 Å². The molecule has 1 aliphatic rings. The lowest BCUT2D eigenvalue weighted by atomic mass is 9.87. The number of aliphatic carboxylic acids is 1. The number of carboxylic acids is 1. The smallest absolute Gasteiger partial charge is 0.332 e. The van der Waals surface area contributed by atoms with E-state index in [0.717, 1.165) is 29.3 Å². The molecule has 5 nitrogen and oxygen atoms in total. The first-order chi connectivity index (χ1) is 11.8. The van der Waals surface area contributed by atoms with Gasteiger partial charge in [0.05, 0.1) is 11.9 Å². The molecule has 0 radical (unpaired) electrons. The Balaban J connectivity index is 2.09. The average molecular weight is 477 g/mol. The third-order valence-electron chi connectivity index (χ3n) is 4.70. The van der Waals surface area contributed by atoms with Gasteiger partial charge in [-0.25, -0.2) is 4.79 Å².